The van der Waals surface area contributed by atoms with Crippen molar-refractivity contribution >= 4 is 12.1 Å². The van der Waals surface area contributed by atoms with Crippen LogP contribution in [0.15, 0.2) is 30.3 Å². The number of nitriles is 1. The van der Waals surface area contributed by atoms with E-state index in [2.05, 4.69) is 39.9 Å². The number of carbonyl (C=O) groups excluding carboxylic acids is 1. The summed E-state index contributed by atoms with van der Waals surface area (Å²) in [6.07, 6.45) is 16.9. The van der Waals surface area contributed by atoms with Gasteiger partial charge in [-0.25, -0.2) is 0 Å². The Morgan fingerprint density at radius 3 is 2.28 bits per heavy atom. The number of hydrogen-bond acceptors (Lipinski definition) is 7. The molecule has 3 aliphatic rings. The van der Waals surface area contributed by atoms with Gasteiger partial charge in [0.25, 0.3) is 0 Å². The molecule has 7 nitrogen and oxygen atoms in total. The fraction of sp³-hybridized carbons (Fsp3) is 0.625. The zero-order valence-electron chi connectivity index (χ0n) is 24.2. The van der Waals surface area contributed by atoms with Gasteiger partial charge in [-0.05, 0) is 86.2 Å². The summed E-state index contributed by atoms with van der Waals surface area (Å²) in [5.74, 6) is 3.36. The van der Waals surface area contributed by atoms with Gasteiger partial charge in [0.1, 0.15) is 17.5 Å². The molecule has 1 saturated heterocycles. The number of hydrogen-bond donors (Lipinski definition) is 1. The largest absolute Gasteiger partial charge is 0.495 e. The summed E-state index contributed by atoms with van der Waals surface area (Å²) < 4.78 is 5.24. The topological polar surface area (TPSA) is 105 Å². The van der Waals surface area contributed by atoms with Crippen LogP contribution in [0.4, 0.5) is 5.82 Å². The number of methoxy groups -OCH3 is 1. The van der Waals surface area contributed by atoms with Crippen molar-refractivity contribution < 1.29 is 9.53 Å². The number of carbonyl (C=O) groups is 1. The van der Waals surface area contributed by atoms with Crippen molar-refractivity contribution in [2.24, 2.45) is 23.0 Å². The van der Waals surface area contributed by atoms with Crippen LogP contribution in [0, 0.1) is 28.6 Å². The number of rotatable bonds is 5. The standard InChI is InChI=1S/C16H23N3O.C15H19NO.CH5N/c1-13-4-6-16(7-5-13)8-10-19(11-9-16)15-3-2-14(12-20)17-18-15;1-17-15-10-13(7-8-14(15)11-16)9-12-5-3-2-4-6-12;1-2/h2-3,12-13H,4-11H2,1H3;7-8,10,12H,2-6,9H2,1H3;2H2,1H3. The predicted octanol–water partition coefficient (Wildman–Crippen LogP) is 6.35. The Bertz CT molecular complexity index is 1040. The summed E-state index contributed by atoms with van der Waals surface area (Å²) >= 11 is 0. The molecule has 1 aliphatic heterocycles. The van der Waals surface area contributed by atoms with E-state index in [1.807, 2.05) is 18.2 Å². The van der Waals surface area contributed by atoms with E-state index in [1.54, 1.807) is 13.2 Å². The van der Waals surface area contributed by atoms with E-state index in [0.717, 1.165) is 43.5 Å². The van der Waals surface area contributed by atoms with Crippen molar-refractivity contribution in [2.75, 3.05) is 32.1 Å². The minimum Gasteiger partial charge on any atom is -0.495 e. The molecule has 1 aromatic heterocycles. The highest BCUT2D eigenvalue weighted by Crippen LogP contribution is 2.46. The van der Waals surface area contributed by atoms with Crippen molar-refractivity contribution in [2.45, 2.75) is 84.0 Å². The number of nitrogens with two attached hydrogens (primary N) is 1. The fourth-order valence-electron chi connectivity index (χ4n) is 6.33. The maximum atomic E-state index is 10.6. The van der Waals surface area contributed by atoms with Crippen molar-refractivity contribution in [1.82, 2.24) is 10.2 Å². The first kappa shape index (κ1) is 30.6. The first-order chi connectivity index (χ1) is 19.0. The molecule has 0 atom stereocenters. The molecule has 2 aliphatic carbocycles. The Morgan fingerprint density at radius 2 is 1.72 bits per heavy atom. The van der Waals surface area contributed by atoms with Crippen LogP contribution >= 0.6 is 0 Å². The second kappa shape index (κ2) is 15.6. The third kappa shape index (κ3) is 8.76. The van der Waals surface area contributed by atoms with Crippen LogP contribution in [-0.2, 0) is 6.42 Å². The normalized spacial score (nSPS) is 19.1. The third-order valence-electron chi connectivity index (χ3n) is 8.91. The minimum absolute atomic E-state index is 0.406. The number of piperidine rings is 1. The molecule has 0 radical (unpaired) electrons. The molecular formula is C32H47N5O2. The van der Waals surface area contributed by atoms with Crippen LogP contribution in [0.1, 0.15) is 99.2 Å². The molecule has 0 unspecified atom stereocenters. The number of ether oxygens (including phenoxy) is 1. The average molecular weight is 534 g/mol. The molecule has 2 heterocycles. The Labute approximate surface area is 235 Å². The van der Waals surface area contributed by atoms with E-state index < -0.39 is 0 Å². The first-order valence-electron chi connectivity index (χ1n) is 14.7. The van der Waals surface area contributed by atoms with Crippen LogP contribution < -0.4 is 15.4 Å². The molecule has 7 heteroatoms. The average Bonchev–Trinajstić information content (AvgIpc) is 3.01. The van der Waals surface area contributed by atoms with Crippen molar-refractivity contribution in [3.8, 4) is 11.8 Å². The third-order valence-corrected chi connectivity index (χ3v) is 8.91. The van der Waals surface area contributed by atoms with Gasteiger partial charge in [-0.1, -0.05) is 57.9 Å². The minimum atomic E-state index is 0.406. The quantitative estimate of drug-likeness (QED) is 0.446. The zero-order chi connectivity index (χ0) is 28.1. The summed E-state index contributed by atoms with van der Waals surface area (Å²) in [5.41, 5.74) is 7.43. The summed E-state index contributed by atoms with van der Waals surface area (Å²) in [6.45, 7) is 4.53. The summed E-state index contributed by atoms with van der Waals surface area (Å²) in [6, 6.07) is 11.8. The molecule has 212 valence electrons. The molecule has 2 N–H and O–H groups in total. The molecule has 2 aromatic rings. The highest BCUT2D eigenvalue weighted by Gasteiger charge is 2.37. The maximum absolute atomic E-state index is 10.6. The Hall–Kier alpha value is -2.98. The van der Waals surface area contributed by atoms with Crippen LogP contribution in [-0.4, -0.2) is 43.7 Å². The van der Waals surface area contributed by atoms with E-state index in [1.165, 1.54) is 83.2 Å². The maximum Gasteiger partial charge on any atom is 0.170 e. The van der Waals surface area contributed by atoms with E-state index in [4.69, 9.17) is 10.00 Å². The highest BCUT2D eigenvalue weighted by molar-refractivity contribution is 5.71. The second-order valence-corrected chi connectivity index (χ2v) is 11.5. The van der Waals surface area contributed by atoms with Gasteiger partial charge in [-0.2, -0.15) is 5.26 Å². The number of aromatic nitrogens is 2. The number of nitrogens with zero attached hydrogens (tertiary/aromatic N) is 4. The number of benzene rings is 1. The summed E-state index contributed by atoms with van der Waals surface area (Å²) in [7, 11) is 3.13. The van der Waals surface area contributed by atoms with Crippen molar-refractivity contribution in [3.63, 3.8) is 0 Å². The Kier molecular flexibility index (Phi) is 12.2. The molecule has 39 heavy (non-hydrogen) atoms. The van der Waals surface area contributed by atoms with Crippen LogP contribution in [0.2, 0.25) is 0 Å². The summed E-state index contributed by atoms with van der Waals surface area (Å²) in [5, 5.41) is 17.0. The van der Waals surface area contributed by atoms with E-state index in [-0.39, 0.29) is 0 Å². The van der Waals surface area contributed by atoms with E-state index in [0.29, 0.717) is 22.4 Å². The molecular weight excluding hydrogens is 486 g/mol. The fourth-order valence-corrected chi connectivity index (χ4v) is 6.33. The predicted molar refractivity (Wildman–Crippen MR) is 157 cm³/mol. The van der Waals surface area contributed by atoms with Gasteiger partial charge in [-0.15, -0.1) is 10.2 Å². The lowest BCUT2D eigenvalue weighted by Crippen LogP contribution is -2.42. The van der Waals surface area contributed by atoms with Gasteiger partial charge in [0, 0.05) is 13.1 Å². The van der Waals surface area contributed by atoms with Gasteiger partial charge in [0.15, 0.2) is 12.1 Å². The van der Waals surface area contributed by atoms with Gasteiger partial charge < -0.3 is 15.4 Å². The molecule has 1 spiro atoms. The van der Waals surface area contributed by atoms with Crippen LogP contribution in [0.3, 0.4) is 0 Å². The molecule has 3 fully saturated rings. The molecule has 5 rings (SSSR count). The second-order valence-electron chi connectivity index (χ2n) is 11.5. The monoisotopic (exact) mass is 533 g/mol. The van der Waals surface area contributed by atoms with E-state index >= 15 is 0 Å². The number of aldehydes is 1. The number of anilines is 1. The molecule has 2 saturated carbocycles. The Morgan fingerprint density at radius 1 is 1.03 bits per heavy atom. The van der Waals surface area contributed by atoms with E-state index in [9.17, 15) is 4.79 Å². The lowest BCUT2D eigenvalue weighted by molar-refractivity contribution is 0.111. The van der Waals surface area contributed by atoms with Gasteiger partial charge in [0.2, 0.25) is 0 Å². The smallest absolute Gasteiger partial charge is 0.170 e. The molecule has 0 amide bonds. The zero-order valence-corrected chi connectivity index (χ0v) is 24.2. The first-order valence-corrected chi connectivity index (χ1v) is 14.7. The van der Waals surface area contributed by atoms with Crippen LogP contribution in [0.5, 0.6) is 5.75 Å². The lowest BCUT2D eigenvalue weighted by Gasteiger charge is -2.45. The van der Waals surface area contributed by atoms with Crippen LogP contribution in [0.25, 0.3) is 0 Å². The van der Waals surface area contributed by atoms with Crippen molar-refractivity contribution in [3.05, 3.63) is 47.2 Å². The highest BCUT2D eigenvalue weighted by atomic mass is 16.5. The molecule has 0 bridgehead atoms. The van der Waals surface area contributed by atoms with Gasteiger partial charge in [-0.3, -0.25) is 4.79 Å². The van der Waals surface area contributed by atoms with Gasteiger partial charge in [0.05, 0.1) is 12.7 Å². The Balaban J connectivity index is 0.000000205. The lowest BCUT2D eigenvalue weighted by atomic mass is 9.66. The SMILES string of the molecule is CC1CCC2(CC1)CCN(c1ccc(C=O)nn1)CC2.CN.COc1cc(CC2CCCCC2)ccc1C#N. The summed E-state index contributed by atoms with van der Waals surface area (Å²) in [4.78, 5) is 12.9. The molecule has 1 aromatic carbocycles. The van der Waals surface area contributed by atoms with Crippen molar-refractivity contribution in [1.29, 1.82) is 5.26 Å². The van der Waals surface area contributed by atoms with Gasteiger partial charge >= 0.3 is 0 Å².